The Morgan fingerprint density at radius 1 is 1.21 bits per heavy atom. The number of amides is 4. The average molecular weight is 870 g/mol. The number of benzene rings is 1. The maximum Gasteiger partial charge on any atom is 0.409 e. The summed E-state index contributed by atoms with van der Waals surface area (Å²) in [5.74, 6) is -1.54. The Labute approximate surface area is 353 Å². The Kier molecular flexibility index (Phi) is 16.4. The van der Waals surface area contributed by atoms with Gasteiger partial charge in [-0.15, -0.1) is 0 Å². The highest BCUT2D eigenvalue weighted by Crippen LogP contribution is 2.49. The molecule has 58 heavy (non-hydrogen) atoms. The zero-order valence-corrected chi connectivity index (χ0v) is 37.0. The Bertz CT molecular complexity index is 1770. The smallest absolute Gasteiger partial charge is 0.409 e. The van der Waals surface area contributed by atoms with Gasteiger partial charge in [0, 0.05) is 57.4 Å². The summed E-state index contributed by atoms with van der Waals surface area (Å²) in [4.78, 5) is 67.9. The van der Waals surface area contributed by atoms with E-state index in [1.165, 1.54) is 41.9 Å². The molecule has 2 saturated heterocycles. The number of epoxide rings is 1. The van der Waals surface area contributed by atoms with Gasteiger partial charge in [-0.05, 0) is 51.3 Å². The molecule has 18 heteroatoms. The highest BCUT2D eigenvalue weighted by Gasteiger charge is 2.64. The predicted octanol–water partition coefficient (Wildman–Crippen LogP) is 4.94. The summed E-state index contributed by atoms with van der Waals surface area (Å²) in [6, 6.07) is 2.55. The number of alkyl carbamates (subject to hydrolysis) is 1. The van der Waals surface area contributed by atoms with Crippen LogP contribution in [0.5, 0.6) is 5.75 Å². The van der Waals surface area contributed by atoms with Gasteiger partial charge >= 0.3 is 12.1 Å². The van der Waals surface area contributed by atoms with Gasteiger partial charge in [-0.2, -0.15) is 0 Å². The van der Waals surface area contributed by atoms with Crippen molar-refractivity contribution < 1.29 is 52.8 Å². The van der Waals surface area contributed by atoms with Crippen molar-refractivity contribution in [2.45, 2.75) is 120 Å². The molecule has 1 aromatic rings. The van der Waals surface area contributed by atoms with Crippen molar-refractivity contribution in [2.24, 2.45) is 11.7 Å². The van der Waals surface area contributed by atoms with Crippen LogP contribution in [0.3, 0.4) is 0 Å². The van der Waals surface area contributed by atoms with Crippen molar-refractivity contribution in [3.8, 4) is 5.75 Å². The quantitative estimate of drug-likeness (QED) is 0.104. The number of fused-ring (bicyclic) bond motifs is 5. The van der Waals surface area contributed by atoms with Crippen LogP contribution in [0.2, 0.25) is 5.02 Å². The molecule has 3 aliphatic heterocycles. The SMILES string of the molecule is COc1cc2cc(c1Cl)N(C)C(=O)C[C@H](OC(=O)[C@H](C)N(C)C(=O)CCSSC(C)CCC(N)=O)[C@]1(C)O[C@H]1[C@H](C)C1C[C@@](O)(NC(=O)O1)[C@H](OC)/C=C/C=C(\C)C2. The fraction of sp³-hybridized carbons (Fsp3) is 0.625. The fourth-order valence-electron chi connectivity index (χ4n) is 7.08. The number of nitrogens with two attached hydrogens (primary N) is 1. The highest BCUT2D eigenvalue weighted by atomic mass is 35.5. The third kappa shape index (κ3) is 11.6. The third-order valence-corrected chi connectivity index (χ3v) is 14.3. The van der Waals surface area contributed by atoms with Crippen molar-refractivity contribution in [1.82, 2.24) is 10.2 Å². The molecule has 0 spiro atoms. The minimum Gasteiger partial charge on any atom is -0.495 e. The number of carbonyl (C=O) groups is 5. The number of nitrogens with one attached hydrogen (secondary N) is 1. The first kappa shape index (κ1) is 47.2. The van der Waals surface area contributed by atoms with E-state index in [1.807, 2.05) is 19.9 Å². The normalized spacial score (nSPS) is 30.0. The first-order valence-electron chi connectivity index (χ1n) is 19.2. The van der Waals surface area contributed by atoms with Crippen molar-refractivity contribution in [1.29, 1.82) is 0 Å². The first-order valence-corrected chi connectivity index (χ1v) is 21.9. The average Bonchev–Trinajstić information content (AvgIpc) is 3.87. The van der Waals surface area contributed by atoms with Gasteiger partial charge in [-0.1, -0.05) is 70.8 Å². The number of esters is 1. The molecule has 3 aliphatic rings. The van der Waals surface area contributed by atoms with Crippen molar-refractivity contribution >= 4 is 68.7 Å². The van der Waals surface area contributed by atoms with Crippen LogP contribution in [0.4, 0.5) is 10.5 Å². The molecule has 1 aromatic carbocycles. The predicted molar refractivity (Wildman–Crippen MR) is 224 cm³/mol. The third-order valence-electron chi connectivity index (χ3n) is 11.0. The van der Waals surface area contributed by atoms with Crippen LogP contribution in [0.25, 0.3) is 0 Å². The van der Waals surface area contributed by atoms with Crippen LogP contribution >= 0.6 is 33.2 Å². The lowest BCUT2D eigenvalue weighted by Crippen LogP contribution is -2.63. The molecule has 2 unspecified atom stereocenters. The number of carbonyl (C=O) groups excluding carboxylic acids is 5. The van der Waals surface area contributed by atoms with Crippen molar-refractivity contribution in [2.75, 3.05) is 39.0 Å². The van der Waals surface area contributed by atoms with E-state index in [1.54, 1.807) is 62.9 Å². The summed E-state index contributed by atoms with van der Waals surface area (Å²) in [6.07, 6.45) is 1.86. The Balaban J connectivity index is 1.63. The lowest BCUT2D eigenvalue weighted by molar-refractivity contribution is -0.162. The molecule has 4 bridgehead atoms. The Morgan fingerprint density at radius 2 is 1.91 bits per heavy atom. The molecular formula is C40H57ClN4O11S2. The second-order valence-corrected chi connectivity index (χ2v) is 18.7. The number of hydrogen-bond acceptors (Lipinski definition) is 13. The number of hydrogen-bond donors (Lipinski definition) is 3. The van der Waals surface area contributed by atoms with Crippen LogP contribution in [0.15, 0.2) is 35.9 Å². The zero-order chi connectivity index (χ0) is 43.1. The summed E-state index contributed by atoms with van der Waals surface area (Å²) in [7, 11) is 9.05. The Hall–Kier alpha value is -3.48. The molecule has 2 fully saturated rings. The largest absolute Gasteiger partial charge is 0.495 e. The van der Waals surface area contributed by atoms with E-state index in [9.17, 15) is 29.1 Å². The van der Waals surface area contributed by atoms with Crippen LogP contribution in [-0.4, -0.2) is 121 Å². The molecule has 4 N–H and O–H groups in total. The standard InChI is InChI=1S/C40H57ClN4O11S2/c1-22-11-10-12-30(53-9)40(51)21-29(54-38(50)43-40)24(3)36-39(5,56-36)31(20-34(48)45(7)27-18-26(17-22)19-28(52-8)35(27)41)55-37(49)25(4)44(6)33(47)15-16-57-58-23(2)13-14-32(42)46/h10-12,18-19,23-25,29-31,36,51H,13-17,20-21H2,1-9H3,(H2,42,46)(H,43,50)/b12-10+,22-11+/t23?,24-,25+,29?,30-,31+,36+,39+,40+/m1/s1. The molecular weight excluding hydrogens is 812 g/mol. The lowest BCUT2D eigenvalue weighted by Gasteiger charge is -2.42. The minimum absolute atomic E-state index is 0.0648. The van der Waals surface area contributed by atoms with Crippen LogP contribution in [0.1, 0.15) is 72.3 Å². The van der Waals surface area contributed by atoms with Crippen molar-refractivity contribution in [3.05, 3.63) is 46.5 Å². The molecule has 15 nitrogen and oxygen atoms in total. The summed E-state index contributed by atoms with van der Waals surface area (Å²) in [5.41, 5.74) is 4.26. The van der Waals surface area contributed by atoms with E-state index in [4.69, 9.17) is 41.0 Å². The van der Waals surface area contributed by atoms with E-state index in [0.29, 0.717) is 30.0 Å². The number of primary amides is 1. The van der Waals surface area contributed by atoms with E-state index < -0.39 is 65.7 Å². The van der Waals surface area contributed by atoms with Gasteiger partial charge in [-0.25, -0.2) is 9.59 Å². The summed E-state index contributed by atoms with van der Waals surface area (Å²) in [5, 5.41) is 14.7. The second-order valence-electron chi connectivity index (χ2n) is 15.4. The highest BCUT2D eigenvalue weighted by molar-refractivity contribution is 8.76. The number of aliphatic hydroxyl groups is 1. The maximum absolute atomic E-state index is 14.2. The molecule has 4 rings (SSSR count). The molecule has 0 saturated carbocycles. The maximum atomic E-state index is 14.2. The first-order chi connectivity index (χ1) is 27.2. The molecule has 3 heterocycles. The molecule has 0 aliphatic carbocycles. The number of allylic oxidation sites excluding steroid dienone is 3. The van der Waals surface area contributed by atoms with Crippen LogP contribution in [-0.2, 0) is 44.5 Å². The lowest BCUT2D eigenvalue weighted by atomic mass is 9.83. The Morgan fingerprint density at radius 3 is 2.57 bits per heavy atom. The van der Waals surface area contributed by atoms with E-state index >= 15 is 0 Å². The van der Waals surface area contributed by atoms with Crippen molar-refractivity contribution in [3.63, 3.8) is 0 Å². The number of likely N-dealkylation sites (N-methyl/N-ethyl adjacent to an activating group) is 1. The summed E-state index contributed by atoms with van der Waals surface area (Å²) >= 11 is 6.78. The minimum atomic E-state index is -1.84. The van der Waals surface area contributed by atoms with Gasteiger partial charge in [0.05, 0.1) is 25.3 Å². The molecule has 322 valence electrons. The topological polar surface area (TPSA) is 200 Å². The number of halogens is 1. The van der Waals surface area contributed by atoms with Gasteiger partial charge in [0.2, 0.25) is 17.7 Å². The van der Waals surface area contributed by atoms with Gasteiger partial charge < -0.3 is 44.3 Å². The number of nitrogens with zero attached hydrogens (tertiary/aromatic N) is 2. The van der Waals surface area contributed by atoms with E-state index in [-0.39, 0.29) is 47.8 Å². The number of ether oxygens (including phenoxy) is 5. The van der Waals surface area contributed by atoms with Gasteiger partial charge in [0.15, 0.2) is 5.72 Å². The number of methoxy groups -OCH3 is 2. The van der Waals surface area contributed by atoms with Gasteiger partial charge in [0.25, 0.3) is 0 Å². The number of rotatable bonds is 13. The molecule has 0 aromatic heterocycles. The molecule has 4 amide bonds. The van der Waals surface area contributed by atoms with Gasteiger partial charge in [0.1, 0.15) is 40.7 Å². The van der Waals surface area contributed by atoms with Gasteiger partial charge in [-0.3, -0.25) is 19.7 Å². The molecule has 9 atom stereocenters. The van der Waals surface area contributed by atoms with E-state index in [2.05, 4.69) is 5.32 Å². The van der Waals surface area contributed by atoms with Crippen LogP contribution < -0.4 is 20.7 Å². The monoisotopic (exact) mass is 868 g/mol. The summed E-state index contributed by atoms with van der Waals surface area (Å²) in [6.45, 7) is 8.95. The fourth-order valence-corrected chi connectivity index (χ4v) is 9.72. The zero-order valence-electron chi connectivity index (χ0n) is 34.6. The van der Waals surface area contributed by atoms with E-state index in [0.717, 1.165) is 11.1 Å². The number of anilines is 1. The summed E-state index contributed by atoms with van der Waals surface area (Å²) < 4.78 is 29.3. The second kappa shape index (κ2) is 20.2. The molecule has 0 radical (unpaired) electrons. The van der Waals surface area contributed by atoms with Crippen LogP contribution in [0, 0.1) is 5.92 Å².